The van der Waals surface area contributed by atoms with E-state index < -0.39 is 0 Å². The van der Waals surface area contributed by atoms with Gasteiger partial charge in [0.1, 0.15) is 5.82 Å². The summed E-state index contributed by atoms with van der Waals surface area (Å²) in [5.41, 5.74) is 1.70. The maximum absolute atomic E-state index is 11.9. The number of carbonyl (C=O) groups is 1. The van der Waals surface area contributed by atoms with Crippen LogP contribution in [0, 0.1) is 0 Å². The number of likely N-dealkylation sites (N-methyl/N-ethyl adjacent to an activating group) is 1. The van der Waals surface area contributed by atoms with Gasteiger partial charge >= 0.3 is 0 Å². The maximum atomic E-state index is 11.9. The number of fused-ring (bicyclic) bond motifs is 1. The van der Waals surface area contributed by atoms with Gasteiger partial charge in [0, 0.05) is 31.1 Å². The van der Waals surface area contributed by atoms with E-state index >= 15 is 0 Å². The fraction of sp³-hybridized carbons (Fsp3) is 0.286. The van der Waals surface area contributed by atoms with E-state index in [4.69, 9.17) is 0 Å². The van der Waals surface area contributed by atoms with Crippen molar-refractivity contribution in [1.29, 1.82) is 0 Å². The molecule has 0 unspecified atom stereocenters. The molecule has 1 fully saturated rings. The third-order valence-electron chi connectivity index (χ3n) is 3.81. The fourth-order valence-corrected chi connectivity index (χ4v) is 3.11. The highest BCUT2D eigenvalue weighted by Gasteiger charge is 2.22. The van der Waals surface area contributed by atoms with Crippen molar-refractivity contribution in [3.63, 3.8) is 0 Å². The Balaban J connectivity index is 1.74. The average Bonchev–Trinajstić information content (AvgIpc) is 3.17. The maximum Gasteiger partial charge on any atom is 0.241 e. The number of anilines is 1. The van der Waals surface area contributed by atoms with Crippen LogP contribution in [0.1, 0.15) is 0 Å². The van der Waals surface area contributed by atoms with Gasteiger partial charge in [-0.25, -0.2) is 0 Å². The number of rotatable bonds is 2. The molecule has 3 aromatic heterocycles. The molecule has 1 aliphatic heterocycles. The van der Waals surface area contributed by atoms with E-state index in [-0.39, 0.29) is 5.91 Å². The van der Waals surface area contributed by atoms with Crippen LogP contribution in [-0.2, 0) is 4.79 Å². The number of nitrogens with zero attached hydrogens (tertiary/aromatic N) is 6. The van der Waals surface area contributed by atoms with Gasteiger partial charge in [-0.15, -0.1) is 15.3 Å². The van der Waals surface area contributed by atoms with Crippen LogP contribution in [0.5, 0.6) is 0 Å². The van der Waals surface area contributed by atoms with Gasteiger partial charge in [0.15, 0.2) is 11.5 Å². The minimum absolute atomic E-state index is 0.106. The Labute approximate surface area is 130 Å². The van der Waals surface area contributed by atoms with Crippen molar-refractivity contribution in [2.75, 3.05) is 31.6 Å². The summed E-state index contributed by atoms with van der Waals surface area (Å²) in [7, 11) is 1.82. The van der Waals surface area contributed by atoms with Gasteiger partial charge in [-0.1, -0.05) is 0 Å². The molecule has 4 rings (SSSR count). The van der Waals surface area contributed by atoms with Crippen molar-refractivity contribution in [2.45, 2.75) is 0 Å². The first-order valence-corrected chi connectivity index (χ1v) is 7.90. The first-order valence-electron chi connectivity index (χ1n) is 6.96. The number of hydrogen-bond donors (Lipinski definition) is 0. The third-order valence-corrected chi connectivity index (χ3v) is 4.49. The van der Waals surface area contributed by atoms with Gasteiger partial charge in [-0.05, 0) is 23.6 Å². The van der Waals surface area contributed by atoms with Crippen molar-refractivity contribution < 1.29 is 4.79 Å². The minimum atomic E-state index is 0.106. The van der Waals surface area contributed by atoms with Gasteiger partial charge in [-0.3, -0.25) is 4.79 Å². The van der Waals surface area contributed by atoms with Crippen LogP contribution in [0.15, 0.2) is 29.0 Å². The van der Waals surface area contributed by atoms with Gasteiger partial charge in [0.05, 0.1) is 6.54 Å². The summed E-state index contributed by atoms with van der Waals surface area (Å²) >= 11 is 1.61. The van der Waals surface area contributed by atoms with E-state index in [9.17, 15) is 4.79 Å². The molecule has 7 nitrogen and oxygen atoms in total. The smallest absolute Gasteiger partial charge is 0.241 e. The largest absolute Gasteiger partial charge is 0.344 e. The molecule has 0 bridgehead atoms. The quantitative estimate of drug-likeness (QED) is 0.709. The van der Waals surface area contributed by atoms with E-state index in [2.05, 4.69) is 15.3 Å². The van der Waals surface area contributed by atoms with Crippen LogP contribution in [-0.4, -0.2) is 57.3 Å². The second-order valence-corrected chi connectivity index (χ2v) is 6.01. The van der Waals surface area contributed by atoms with E-state index in [0.717, 1.165) is 23.8 Å². The molecular formula is C14H14N6OS. The molecule has 0 saturated carbocycles. The second kappa shape index (κ2) is 5.06. The van der Waals surface area contributed by atoms with Gasteiger partial charge in [0.25, 0.3) is 0 Å². The summed E-state index contributed by atoms with van der Waals surface area (Å²) in [6, 6.07) is 5.77. The van der Waals surface area contributed by atoms with Gasteiger partial charge in [0.2, 0.25) is 5.91 Å². The van der Waals surface area contributed by atoms with Crippen molar-refractivity contribution in [3.05, 3.63) is 29.0 Å². The zero-order valence-electron chi connectivity index (χ0n) is 12.0. The molecular weight excluding hydrogens is 300 g/mol. The Morgan fingerprint density at radius 3 is 2.86 bits per heavy atom. The molecule has 0 radical (unpaired) electrons. The molecule has 22 heavy (non-hydrogen) atoms. The van der Waals surface area contributed by atoms with Crippen LogP contribution >= 0.6 is 11.3 Å². The summed E-state index contributed by atoms with van der Waals surface area (Å²) in [5.74, 6) is 1.60. The predicted octanol–water partition coefficient (Wildman–Crippen LogP) is 1.13. The lowest BCUT2D eigenvalue weighted by Crippen LogP contribution is -2.48. The SMILES string of the molecule is CN1CCN(c2ccc3nnc(-c4ccsc4)n3n2)CC1=O. The predicted molar refractivity (Wildman–Crippen MR) is 83.9 cm³/mol. The molecule has 0 atom stereocenters. The van der Waals surface area contributed by atoms with Gasteiger partial charge in [-0.2, -0.15) is 15.9 Å². The lowest BCUT2D eigenvalue weighted by Gasteiger charge is -2.32. The number of carbonyl (C=O) groups excluding carboxylic acids is 1. The summed E-state index contributed by atoms with van der Waals surface area (Å²) < 4.78 is 1.74. The summed E-state index contributed by atoms with van der Waals surface area (Å²) in [6.07, 6.45) is 0. The highest BCUT2D eigenvalue weighted by molar-refractivity contribution is 7.08. The Morgan fingerprint density at radius 2 is 2.09 bits per heavy atom. The third kappa shape index (κ3) is 2.12. The van der Waals surface area contributed by atoms with E-state index in [1.165, 1.54) is 0 Å². The molecule has 112 valence electrons. The molecule has 1 saturated heterocycles. The number of amides is 1. The standard InChI is InChI=1S/C14H14N6OS/c1-18-5-6-19(8-13(18)21)12-3-2-11-15-16-14(20(11)17-12)10-4-7-22-9-10/h2-4,7,9H,5-6,8H2,1H3. The molecule has 0 aromatic carbocycles. The molecule has 0 aliphatic carbocycles. The monoisotopic (exact) mass is 314 g/mol. The first-order chi connectivity index (χ1) is 10.7. The topological polar surface area (TPSA) is 66.6 Å². The van der Waals surface area contributed by atoms with Crippen molar-refractivity contribution >= 4 is 28.7 Å². The number of piperazine rings is 1. The molecule has 8 heteroatoms. The molecule has 0 spiro atoms. The number of thiophene rings is 1. The number of hydrogen-bond acceptors (Lipinski definition) is 6. The molecule has 0 N–H and O–H groups in total. The van der Waals surface area contributed by atoms with Crippen LogP contribution in [0.25, 0.3) is 17.0 Å². The zero-order chi connectivity index (χ0) is 15.1. The van der Waals surface area contributed by atoms with Gasteiger partial charge < -0.3 is 9.80 Å². The van der Waals surface area contributed by atoms with Crippen molar-refractivity contribution in [2.24, 2.45) is 0 Å². The summed E-state index contributed by atoms with van der Waals surface area (Å²) in [6.45, 7) is 1.83. The summed E-state index contributed by atoms with van der Waals surface area (Å²) in [5, 5.41) is 17.0. The summed E-state index contributed by atoms with van der Waals surface area (Å²) in [4.78, 5) is 15.6. The average molecular weight is 314 g/mol. The molecule has 1 aliphatic rings. The lowest BCUT2D eigenvalue weighted by molar-refractivity contribution is -0.129. The van der Waals surface area contributed by atoms with Crippen molar-refractivity contribution in [1.82, 2.24) is 24.7 Å². The van der Waals surface area contributed by atoms with E-state index in [1.54, 1.807) is 20.8 Å². The normalized spacial score (nSPS) is 15.8. The Morgan fingerprint density at radius 1 is 1.18 bits per heavy atom. The van der Waals surface area contributed by atoms with Crippen LogP contribution in [0.2, 0.25) is 0 Å². The van der Waals surface area contributed by atoms with Crippen molar-refractivity contribution in [3.8, 4) is 11.4 Å². The highest BCUT2D eigenvalue weighted by atomic mass is 32.1. The van der Waals surface area contributed by atoms with Crippen LogP contribution in [0.4, 0.5) is 5.82 Å². The fourth-order valence-electron chi connectivity index (χ4n) is 2.47. The molecule has 1 amide bonds. The lowest BCUT2D eigenvalue weighted by atomic mass is 10.3. The Kier molecular flexibility index (Phi) is 3.04. The molecule has 3 aromatic rings. The number of aromatic nitrogens is 4. The Bertz CT molecular complexity index is 827. The van der Waals surface area contributed by atoms with Crippen LogP contribution in [0.3, 0.4) is 0 Å². The Hall–Kier alpha value is -2.48. The highest BCUT2D eigenvalue weighted by Crippen LogP contribution is 2.22. The van der Waals surface area contributed by atoms with E-state index in [0.29, 0.717) is 18.7 Å². The molecule has 4 heterocycles. The second-order valence-electron chi connectivity index (χ2n) is 5.23. The first kappa shape index (κ1) is 13.2. The van der Waals surface area contributed by atoms with Crippen LogP contribution < -0.4 is 4.90 Å². The minimum Gasteiger partial charge on any atom is -0.344 e. The van der Waals surface area contributed by atoms with E-state index in [1.807, 2.05) is 40.9 Å². The zero-order valence-corrected chi connectivity index (χ0v) is 12.8.